The second kappa shape index (κ2) is 5.13. The Morgan fingerprint density at radius 2 is 1.39 bits per heavy atom. The van der Waals surface area contributed by atoms with Gasteiger partial charge < -0.3 is 4.74 Å². The fourth-order valence-corrected chi connectivity index (χ4v) is 8.32. The van der Waals surface area contributed by atoms with E-state index in [1.165, 1.54) is 4.57 Å². The zero-order chi connectivity index (χ0) is 20.6. The molecule has 156 valence electrons. The summed E-state index contributed by atoms with van der Waals surface area (Å²) in [5, 5.41) is 0. The standard InChI is InChI=1S/C25H23N3O3/c1-26-23(29)27-21-17-15-16-18(21)20(16)25(19(15)17,28(27)24(26)30)12-31-22(13-8-4-2-5-9-13)14-10-6-3-7-11-14/h2-11,15-22H,12H2,1H3/t15-,16-,17+,18+,19-,20-,21?,25?/m1/s1. The molecular formula is C25H23N3O3. The second-order valence-electron chi connectivity index (χ2n) is 10.1. The van der Waals surface area contributed by atoms with Crippen LogP contribution < -0.4 is 11.4 Å². The maximum Gasteiger partial charge on any atom is 0.347 e. The van der Waals surface area contributed by atoms with E-state index in [0.717, 1.165) is 11.1 Å². The number of benzene rings is 2. The molecule has 3 aromatic rings. The average molecular weight is 413 g/mol. The minimum atomic E-state index is -0.362. The molecule has 9 rings (SSSR count). The smallest absolute Gasteiger partial charge is 0.347 e. The Balaban J connectivity index is 1.25. The van der Waals surface area contributed by atoms with Gasteiger partial charge in [0.05, 0.1) is 18.2 Å². The van der Waals surface area contributed by atoms with Gasteiger partial charge in [-0.3, -0.25) is 0 Å². The number of ether oxygens (including phenoxy) is 1. The lowest BCUT2D eigenvalue weighted by atomic mass is 9.77. The largest absolute Gasteiger partial charge is 0.366 e. The van der Waals surface area contributed by atoms with Crippen LogP contribution in [0.5, 0.6) is 0 Å². The number of hydrogen-bond acceptors (Lipinski definition) is 3. The molecule has 2 aromatic carbocycles. The first-order valence-corrected chi connectivity index (χ1v) is 11.3. The van der Waals surface area contributed by atoms with Gasteiger partial charge in [-0.05, 0) is 46.6 Å². The Kier molecular flexibility index (Phi) is 2.78. The normalized spacial score (nSPS) is 39.1. The van der Waals surface area contributed by atoms with E-state index >= 15 is 0 Å². The summed E-state index contributed by atoms with van der Waals surface area (Å²) < 4.78 is 11.7. The van der Waals surface area contributed by atoms with Crippen LogP contribution in [0.3, 0.4) is 0 Å². The van der Waals surface area contributed by atoms with E-state index < -0.39 is 0 Å². The van der Waals surface area contributed by atoms with Crippen molar-refractivity contribution in [3.63, 3.8) is 0 Å². The Morgan fingerprint density at radius 3 is 1.94 bits per heavy atom. The molecule has 1 aromatic heterocycles. The van der Waals surface area contributed by atoms with E-state index in [-0.39, 0.29) is 29.1 Å². The molecule has 0 spiro atoms. The average Bonchev–Trinajstić information content (AvgIpc) is 3.66. The number of aromatic nitrogens is 3. The summed E-state index contributed by atoms with van der Waals surface area (Å²) in [5.41, 5.74) is 1.53. The SMILES string of the molecule is Cn1c(=O)n2n(c1=O)C1(COC(c3ccccc3)c3ccccc3)[C@H]3[C@H]4C2[C@H]2[C@@H]([C@H]43)[C@H]21. The Bertz CT molecular complexity index is 1290. The van der Waals surface area contributed by atoms with Crippen molar-refractivity contribution < 1.29 is 4.74 Å². The molecule has 0 unspecified atom stereocenters. The van der Waals surface area contributed by atoms with E-state index in [0.29, 0.717) is 42.1 Å². The molecule has 6 nitrogen and oxygen atoms in total. The lowest BCUT2D eigenvalue weighted by Crippen LogP contribution is -2.59. The Morgan fingerprint density at radius 1 is 0.839 bits per heavy atom. The van der Waals surface area contributed by atoms with Crippen molar-refractivity contribution in [2.24, 2.45) is 42.6 Å². The number of nitrogens with zero attached hydrogens (tertiary/aromatic N) is 3. The van der Waals surface area contributed by atoms with Gasteiger partial charge in [0.15, 0.2) is 0 Å². The predicted octanol–water partition coefficient (Wildman–Crippen LogP) is 2.16. The zero-order valence-corrected chi connectivity index (χ0v) is 17.2. The van der Waals surface area contributed by atoms with Crippen LogP contribution in [0, 0.1) is 35.5 Å². The van der Waals surface area contributed by atoms with Gasteiger partial charge in [-0.2, -0.15) is 0 Å². The van der Waals surface area contributed by atoms with Gasteiger partial charge in [-0.1, -0.05) is 60.7 Å². The van der Waals surface area contributed by atoms with E-state index in [2.05, 4.69) is 24.3 Å². The molecule has 2 bridgehead atoms. The van der Waals surface area contributed by atoms with Gasteiger partial charge in [0.2, 0.25) is 0 Å². The summed E-state index contributed by atoms with van der Waals surface area (Å²) in [6.07, 6.45) is -0.194. The number of rotatable bonds is 5. The fourth-order valence-electron chi connectivity index (χ4n) is 8.32. The van der Waals surface area contributed by atoms with Crippen molar-refractivity contribution in [3.8, 4) is 0 Å². The summed E-state index contributed by atoms with van der Waals surface area (Å²) in [5.74, 6) is 3.48. The monoisotopic (exact) mass is 413 g/mol. The molecule has 0 amide bonds. The first kappa shape index (κ1) is 16.8. The molecule has 4 aliphatic carbocycles. The van der Waals surface area contributed by atoms with Crippen molar-refractivity contribution in [2.45, 2.75) is 17.7 Å². The first-order chi connectivity index (χ1) is 15.2. The molecule has 6 atom stereocenters. The molecule has 3 heterocycles. The van der Waals surface area contributed by atoms with Crippen molar-refractivity contribution in [1.29, 1.82) is 0 Å². The van der Waals surface area contributed by atoms with Crippen LogP contribution in [-0.4, -0.2) is 20.5 Å². The van der Waals surface area contributed by atoms with Gasteiger partial charge in [0.25, 0.3) is 0 Å². The van der Waals surface area contributed by atoms with Crippen LogP contribution in [-0.2, 0) is 17.3 Å². The van der Waals surface area contributed by atoms with Crippen LogP contribution >= 0.6 is 0 Å². The van der Waals surface area contributed by atoms with Gasteiger partial charge in [0.1, 0.15) is 6.10 Å². The van der Waals surface area contributed by atoms with Gasteiger partial charge in [-0.25, -0.2) is 23.5 Å². The zero-order valence-electron chi connectivity index (χ0n) is 17.2. The molecule has 31 heavy (non-hydrogen) atoms. The van der Waals surface area contributed by atoms with Crippen molar-refractivity contribution >= 4 is 0 Å². The maximum absolute atomic E-state index is 13.2. The van der Waals surface area contributed by atoms with Crippen molar-refractivity contribution in [3.05, 3.63) is 92.8 Å². The van der Waals surface area contributed by atoms with Crippen molar-refractivity contribution in [1.82, 2.24) is 13.9 Å². The molecular weight excluding hydrogens is 390 g/mol. The number of hydrogen-bond donors (Lipinski definition) is 0. The van der Waals surface area contributed by atoms with Crippen LogP contribution in [0.4, 0.5) is 0 Å². The minimum absolute atomic E-state index is 0.155. The third kappa shape index (κ3) is 1.68. The molecule has 0 radical (unpaired) electrons. The van der Waals surface area contributed by atoms with E-state index in [1.54, 1.807) is 7.05 Å². The molecule has 6 heteroatoms. The predicted molar refractivity (Wildman–Crippen MR) is 113 cm³/mol. The third-order valence-corrected chi connectivity index (χ3v) is 9.18. The summed E-state index contributed by atoms with van der Waals surface area (Å²) in [6.45, 7) is 0.479. The first-order valence-electron chi connectivity index (χ1n) is 11.3. The van der Waals surface area contributed by atoms with Crippen LogP contribution in [0.2, 0.25) is 0 Å². The van der Waals surface area contributed by atoms with Gasteiger partial charge >= 0.3 is 11.4 Å². The Labute approximate surface area is 178 Å². The van der Waals surface area contributed by atoms with Crippen LogP contribution in [0.1, 0.15) is 23.3 Å². The summed E-state index contributed by atoms with van der Waals surface area (Å²) in [6, 6.07) is 20.8. The molecule has 0 saturated heterocycles. The lowest BCUT2D eigenvalue weighted by molar-refractivity contribution is -0.0674. The highest BCUT2D eigenvalue weighted by atomic mass is 16.5. The van der Waals surface area contributed by atoms with E-state index in [9.17, 15) is 9.59 Å². The van der Waals surface area contributed by atoms with Crippen molar-refractivity contribution in [2.75, 3.05) is 6.61 Å². The highest BCUT2D eigenvalue weighted by Gasteiger charge is 2.95. The molecule has 2 aliphatic heterocycles. The maximum atomic E-state index is 13.2. The summed E-state index contributed by atoms with van der Waals surface area (Å²) in [4.78, 5) is 26.1. The molecule has 0 N–H and O–H groups in total. The van der Waals surface area contributed by atoms with Gasteiger partial charge in [0, 0.05) is 7.05 Å². The van der Waals surface area contributed by atoms with Crippen LogP contribution in [0.15, 0.2) is 70.3 Å². The third-order valence-electron chi connectivity index (χ3n) is 9.18. The highest BCUT2D eigenvalue weighted by Crippen LogP contribution is 2.93. The van der Waals surface area contributed by atoms with E-state index in [4.69, 9.17) is 4.74 Å². The lowest BCUT2D eigenvalue weighted by Gasteiger charge is -2.47. The highest BCUT2D eigenvalue weighted by molar-refractivity contribution is 5.42. The second-order valence-corrected chi connectivity index (χ2v) is 10.1. The minimum Gasteiger partial charge on any atom is -0.366 e. The quantitative estimate of drug-likeness (QED) is 0.644. The van der Waals surface area contributed by atoms with Gasteiger partial charge in [-0.15, -0.1) is 0 Å². The fraction of sp³-hybridized carbons (Fsp3) is 0.440. The Hall–Kier alpha value is -2.86. The molecule has 4 saturated carbocycles. The molecule has 6 aliphatic rings. The molecule has 4 fully saturated rings. The summed E-state index contributed by atoms with van der Waals surface area (Å²) in [7, 11) is 1.61. The summed E-state index contributed by atoms with van der Waals surface area (Å²) >= 11 is 0. The van der Waals surface area contributed by atoms with E-state index in [1.807, 2.05) is 45.8 Å². The topological polar surface area (TPSA) is 58.2 Å². The van der Waals surface area contributed by atoms with Crippen LogP contribution in [0.25, 0.3) is 0 Å².